The Morgan fingerprint density at radius 3 is 2.07 bits per heavy atom. The third kappa shape index (κ3) is 4.40. The molecule has 1 aliphatic rings. The fourth-order valence-corrected chi connectivity index (χ4v) is 5.29. The van der Waals surface area contributed by atoms with E-state index in [9.17, 15) is 13.2 Å². The van der Waals surface area contributed by atoms with Crippen LogP contribution in [0, 0.1) is 0 Å². The first-order valence-electron chi connectivity index (χ1n) is 9.16. The van der Waals surface area contributed by atoms with Gasteiger partial charge in [-0.2, -0.15) is 4.31 Å². The highest BCUT2D eigenvalue weighted by Gasteiger charge is 2.31. The minimum Gasteiger partial charge on any atom is -0.496 e. The maximum atomic E-state index is 13.1. The van der Waals surface area contributed by atoms with Crippen molar-refractivity contribution in [2.24, 2.45) is 0 Å². The number of sulfonamides is 1. The van der Waals surface area contributed by atoms with Gasteiger partial charge in [-0.1, -0.05) is 22.0 Å². The quantitative estimate of drug-likeness (QED) is 0.608. The zero-order valence-electron chi connectivity index (χ0n) is 16.9. The molecule has 0 atom stereocenters. The van der Waals surface area contributed by atoms with Gasteiger partial charge in [-0.25, -0.2) is 8.42 Å². The monoisotopic (exact) mass is 498 g/mol. The van der Waals surface area contributed by atoms with E-state index in [1.807, 2.05) is 0 Å². The second-order valence-corrected chi connectivity index (χ2v) is 9.41. The lowest BCUT2D eigenvalue weighted by Crippen LogP contribution is -2.50. The van der Waals surface area contributed by atoms with E-state index in [1.54, 1.807) is 41.3 Å². The van der Waals surface area contributed by atoms with Crippen LogP contribution < -0.4 is 14.2 Å². The molecule has 10 heteroatoms. The number of rotatable bonds is 6. The summed E-state index contributed by atoms with van der Waals surface area (Å²) in [6.07, 6.45) is 0. The Morgan fingerprint density at radius 2 is 1.50 bits per heavy atom. The highest BCUT2D eigenvalue weighted by Crippen LogP contribution is 2.35. The molecule has 1 aliphatic heterocycles. The second kappa shape index (κ2) is 9.23. The fourth-order valence-electron chi connectivity index (χ4n) is 3.27. The zero-order valence-corrected chi connectivity index (χ0v) is 19.3. The van der Waals surface area contributed by atoms with Crippen molar-refractivity contribution in [2.75, 3.05) is 47.5 Å². The number of amides is 1. The van der Waals surface area contributed by atoms with Gasteiger partial charge >= 0.3 is 0 Å². The van der Waals surface area contributed by atoms with Gasteiger partial charge in [0, 0.05) is 42.8 Å². The topological polar surface area (TPSA) is 85.4 Å². The minimum atomic E-state index is -3.63. The third-order valence-corrected chi connectivity index (χ3v) is 7.28. The third-order valence-electron chi connectivity index (χ3n) is 4.90. The molecule has 0 unspecified atom stereocenters. The van der Waals surface area contributed by atoms with Crippen molar-refractivity contribution in [3.8, 4) is 17.2 Å². The summed E-state index contributed by atoms with van der Waals surface area (Å²) >= 11 is 3.30. The van der Waals surface area contributed by atoms with Crippen molar-refractivity contribution >= 4 is 31.9 Å². The Hall–Kier alpha value is -2.30. The van der Waals surface area contributed by atoms with Crippen LogP contribution in [0.25, 0.3) is 0 Å². The average molecular weight is 499 g/mol. The standard InChI is InChI=1S/C20H23BrN2O6S/c1-27-17-13-19(29-3)18(28-2)12-16(17)20(24)22-7-9-23(10-8-22)30(25,26)15-6-4-5-14(21)11-15/h4-6,11-13H,7-10H2,1-3H3. The molecular weight excluding hydrogens is 476 g/mol. The van der Waals surface area contributed by atoms with Gasteiger partial charge in [-0.15, -0.1) is 0 Å². The molecule has 0 aliphatic carbocycles. The number of carbonyl (C=O) groups excluding carboxylic acids is 1. The number of carbonyl (C=O) groups is 1. The number of ether oxygens (including phenoxy) is 3. The maximum absolute atomic E-state index is 13.1. The van der Waals surface area contributed by atoms with E-state index < -0.39 is 10.0 Å². The van der Waals surface area contributed by atoms with Crippen LogP contribution in [-0.2, 0) is 10.0 Å². The molecule has 0 spiro atoms. The molecule has 8 nitrogen and oxygen atoms in total. The molecular formula is C20H23BrN2O6S. The molecule has 0 radical (unpaired) electrons. The van der Waals surface area contributed by atoms with Gasteiger partial charge in [-0.05, 0) is 18.2 Å². The lowest BCUT2D eigenvalue weighted by molar-refractivity contribution is 0.0694. The van der Waals surface area contributed by atoms with Gasteiger partial charge in [0.1, 0.15) is 5.75 Å². The Labute approximate surface area is 184 Å². The lowest BCUT2D eigenvalue weighted by atomic mass is 10.1. The molecule has 0 saturated carbocycles. The Balaban J connectivity index is 1.77. The summed E-state index contributed by atoms with van der Waals surface area (Å²) in [4.78, 5) is 14.9. The summed E-state index contributed by atoms with van der Waals surface area (Å²) in [6.45, 7) is 0.944. The van der Waals surface area contributed by atoms with E-state index in [2.05, 4.69) is 15.9 Å². The molecule has 2 aromatic rings. The van der Waals surface area contributed by atoms with Crippen LogP contribution in [0.3, 0.4) is 0 Å². The van der Waals surface area contributed by atoms with Crippen molar-refractivity contribution in [1.29, 1.82) is 0 Å². The van der Waals surface area contributed by atoms with Crippen molar-refractivity contribution in [3.05, 3.63) is 46.4 Å². The van der Waals surface area contributed by atoms with E-state index in [0.717, 1.165) is 0 Å². The van der Waals surface area contributed by atoms with Crippen LogP contribution in [0.2, 0.25) is 0 Å². The van der Waals surface area contributed by atoms with Gasteiger partial charge in [0.15, 0.2) is 11.5 Å². The van der Waals surface area contributed by atoms with E-state index in [4.69, 9.17) is 14.2 Å². The van der Waals surface area contributed by atoms with Crippen LogP contribution in [0.4, 0.5) is 0 Å². The average Bonchev–Trinajstić information content (AvgIpc) is 2.77. The number of nitrogens with zero attached hydrogens (tertiary/aromatic N) is 2. The van der Waals surface area contributed by atoms with Crippen molar-refractivity contribution in [2.45, 2.75) is 4.90 Å². The molecule has 162 valence electrons. The smallest absolute Gasteiger partial charge is 0.257 e. The minimum absolute atomic E-state index is 0.205. The molecule has 1 saturated heterocycles. The van der Waals surface area contributed by atoms with E-state index in [-0.39, 0.29) is 37.0 Å². The highest BCUT2D eigenvalue weighted by molar-refractivity contribution is 9.10. The number of benzene rings is 2. The maximum Gasteiger partial charge on any atom is 0.257 e. The predicted octanol–water partition coefficient (Wildman–Crippen LogP) is 2.62. The van der Waals surface area contributed by atoms with Crippen LogP contribution in [-0.4, -0.2) is 71.0 Å². The van der Waals surface area contributed by atoms with E-state index in [1.165, 1.54) is 25.6 Å². The summed E-state index contributed by atoms with van der Waals surface area (Å²) in [7, 11) is 0.840. The number of hydrogen-bond donors (Lipinski definition) is 0. The summed E-state index contributed by atoms with van der Waals surface area (Å²) in [5.41, 5.74) is 0.332. The first kappa shape index (κ1) is 22.4. The number of piperazine rings is 1. The summed E-state index contributed by atoms with van der Waals surface area (Å²) < 4.78 is 43.8. The highest BCUT2D eigenvalue weighted by atomic mass is 79.9. The van der Waals surface area contributed by atoms with Crippen molar-refractivity contribution < 1.29 is 27.4 Å². The summed E-state index contributed by atoms with van der Waals surface area (Å²) in [5, 5.41) is 0. The van der Waals surface area contributed by atoms with Crippen LogP contribution in [0.15, 0.2) is 45.8 Å². The van der Waals surface area contributed by atoms with Crippen LogP contribution in [0.1, 0.15) is 10.4 Å². The molecule has 0 N–H and O–H groups in total. The molecule has 0 bridgehead atoms. The first-order valence-corrected chi connectivity index (χ1v) is 11.4. The molecule has 3 rings (SSSR count). The normalized spacial score (nSPS) is 15.0. The lowest BCUT2D eigenvalue weighted by Gasteiger charge is -2.34. The Kier molecular flexibility index (Phi) is 6.89. The van der Waals surface area contributed by atoms with Gasteiger partial charge in [0.25, 0.3) is 5.91 Å². The van der Waals surface area contributed by atoms with Gasteiger partial charge in [0.2, 0.25) is 10.0 Å². The van der Waals surface area contributed by atoms with Gasteiger partial charge in [0.05, 0.1) is 31.8 Å². The number of hydrogen-bond acceptors (Lipinski definition) is 6. The predicted molar refractivity (Wildman–Crippen MR) is 115 cm³/mol. The van der Waals surface area contributed by atoms with Crippen molar-refractivity contribution in [1.82, 2.24) is 9.21 Å². The van der Waals surface area contributed by atoms with Crippen molar-refractivity contribution in [3.63, 3.8) is 0 Å². The first-order chi connectivity index (χ1) is 14.3. The summed E-state index contributed by atoms with van der Waals surface area (Å²) in [5.74, 6) is 0.975. The SMILES string of the molecule is COc1cc(OC)c(C(=O)N2CCN(S(=O)(=O)c3cccc(Br)c3)CC2)cc1OC. The van der Waals surface area contributed by atoms with Crippen LogP contribution >= 0.6 is 15.9 Å². The largest absolute Gasteiger partial charge is 0.496 e. The Morgan fingerprint density at radius 1 is 0.900 bits per heavy atom. The number of methoxy groups -OCH3 is 3. The number of halogens is 1. The second-order valence-electron chi connectivity index (χ2n) is 6.56. The molecule has 0 aromatic heterocycles. The van der Waals surface area contributed by atoms with Gasteiger partial charge in [-0.3, -0.25) is 4.79 Å². The van der Waals surface area contributed by atoms with E-state index >= 15 is 0 Å². The zero-order chi connectivity index (χ0) is 21.9. The molecule has 1 amide bonds. The molecule has 1 fully saturated rings. The van der Waals surface area contributed by atoms with Gasteiger partial charge < -0.3 is 19.1 Å². The van der Waals surface area contributed by atoms with E-state index in [0.29, 0.717) is 27.3 Å². The Bertz CT molecular complexity index is 1040. The fraction of sp³-hybridized carbons (Fsp3) is 0.350. The molecule has 1 heterocycles. The molecule has 2 aromatic carbocycles. The van der Waals surface area contributed by atoms with Crippen LogP contribution in [0.5, 0.6) is 17.2 Å². The molecule has 30 heavy (non-hydrogen) atoms. The summed E-state index contributed by atoms with van der Waals surface area (Å²) in [6, 6.07) is 9.75.